The molecule has 0 radical (unpaired) electrons. The first kappa shape index (κ1) is 13.4. The molecule has 102 valence electrons. The largest absolute Gasteiger partial charge is 0.508 e. The number of carbonyl (C=O) groups is 2. The number of carboxylic acid groups (broad SMARTS) is 1. The van der Waals surface area contributed by atoms with E-state index in [1.54, 1.807) is 24.3 Å². The van der Waals surface area contributed by atoms with Gasteiger partial charge >= 0.3 is 5.97 Å². The predicted octanol–water partition coefficient (Wildman–Crippen LogP) is 1.51. The molecule has 5 heteroatoms. The lowest BCUT2D eigenvalue weighted by atomic mass is 10.0. The molecule has 2 atom stereocenters. The van der Waals surface area contributed by atoms with Crippen LogP contribution in [-0.2, 0) is 16.1 Å². The maximum Gasteiger partial charge on any atom is 0.306 e. The fourth-order valence-corrected chi connectivity index (χ4v) is 2.43. The zero-order chi connectivity index (χ0) is 13.8. The Balaban J connectivity index is 1.86. The number of amides is 1. The smallest absolute Gasteiger partial charge is 0.306 e. The highest BCUT2D eigenvalue weighted by Gasteiger charge is 2.33. The fraction of sp³-hybridized carbons (Fsp3) is 0.429. The number of para-hydroxylation sites is 1. The van der Waals surface area contributed by atoms with Crippen LogP contribution in [0, 0.1) is 11.8 Å². The van der Waals surface area contributed by atoms with Gasteiger partial charge < -0.3 is 15.5 Å². The van der Waals surface area contributed by atoms with Crippen LogP contribution in [-0.4, -0.2) is 22.1 Å². The van der Waals surface area contributed by atoms with Gasteiger partial charge in [-0.2, -0.15) is 0 Å². The third kappa shape index (κ3) is 3.24. The van der Waals surface area contributed by atoms with Crippen molar-refractivity contribution in [2.75, 3.05) is 0 Å². The van der Waals surface area contributed by atoms with Crippen LogP contribution in [0.5, 0.6) is 5.75 Å². The maximum atomic E-state index is 11.9. The van der Waals surface area contributed by atoms with Gasteiger partial charge in [0.05, 0.1) is 5.92 Å². The molecule has 0 bridgehead atoms. The number of nitrogens with one attached hydrogen (secondary N) is 1. The molecule has 2 unspecified atom stereocenters. The molecule has 1 amide bonds. The monoisotopic (exact) mass is 263 g/mol. The van der Waals surface area contributed by atoms with Crippen LogP contribution >= 0.6 is 0 Å². The van der Waals surface area contributed by atoms with E-state index in [1.165, 1.54) is 0 Å². The van der Waals surface area contributed by atoms with Gasteiger partial charge in [-0.1, -0.05) is 18.2 Å². The van der Waals surface area contributed by atoms with E-state index in [2.05, 4.69) is 5.32 Å². The number of rotatable bonds is 4. The number of phenols is 1. The zero-order valence-corrected chi connectivity index (χ0v) is 10.5. The first-order chi connectivity index (χ1) is 9.08. The minimum atomic E-state index is -0.823. The van der Waals surface area contributed by atoms with Gasteiger partial charge in [0.1, 0.15) is 5.75 Å². The molecule has 1 saturated carbocycles. The van der Waals surface area contributed by atoms with E-state index < -0.39 is 11.9 Å². The van der Waals surface area contributed by atoms with Crippen molar-refractivity contribution in [3.63, 3.8) is 0 Å². The van der Waals surface area contributed by atoms with Crippen molar-refractivity contribution >= 4 is 11.9 Å². The molecule has 0 aliphatic heterocycles. The fourth-order valence-electron chi connectivity index (χ4n) is 2.43. The molecule has 0 heterocycles. The van der Waals surface area contributed by atoms with Crippen LogP contribution < -0.4 is 5.32 Å². The molecule has 19 heavy (non-hydrogen) atoms. The van der Waals surface area contributed by atoms with E-state index in [0.717, 1.165) is 0 Å². The van der Waals surface area contributed by atoms with Gasteiger partial charge in [0, 0.05) is 18.0 Å². The van der Waals surface area contributed by atoms with Gasteiger partial charge in [0.15, 0.2) is 0 Å². The Bertz CT molecular complexity index is 486. The summed E-state index contributed by atoms with van der Waals surface area (Å²) >= 11 is 0. The zero-order valence-electron chi connectivity index (χ0n) is 10.5. The average molecular weight is 263 g/mol. The van der Waals surface area contributed by atoms with Crippen LogP contribution in [0.3, 0.4) is 0 Å². The minimum absolute atomic E-state index is 0.132. The van der Waals surface area contributed by atoms with Gasteiger partial charge in [-0.25, -0.2) is 0 Å². The lowest BCUT2D eigenvalue weighted by molar-refractivity contribution is -0.141. The summed E-state index contributed by atoms with van der Waals surface area (Å²) in [4.78, 5) is 22.7. The van der Waals surface area contributed by atoms with Crippen molar-refractivity contribution in [2.45, 2.75) is 25.8 Å². The standard InChI is InChI=1S/C14H17NO4/c16-12-4-2-1-3-11(12)8-15-13(17)9-5-6-10(7-9)14(18)19/h1-4,9-10,16H,5-8H2,(H,15,17)(H,18,19). The Hall–Kier alpha value is -2.04. The van der Waals surface area contributed by atoms with Crippen molar-refractivity contribution in [3.05, 3.63) is 29.8 Å². The van der Waals surface area contributed by atoms with Crippen LogP contribution in [0.2, 0.25) is 0 Å². The summed E-state index contributed by atoms with van der Waals surface area (Å²) in [5, 5.41) is 21.2. The number of carbonyl (C=O) groups excluding carboxylic acids is 1. The van der Waals surface area contributed by atoms with E-state index in [-0.39, 0.29) is 24.1 Å². The Morgan fingerprint density at radius 1 is 1.21 bits per heavy atom. The van der Waals surface area contributed by atoms with Gasteiger partial charge in [0.2, 0.25) is 5.91 Å². The quantitative estimate of drug-likeness (QED) is 0.768. The molecule has 1 aliphatic carbocycles. The number of aliphatic carboxylic acids is 1. The van der Waals surface area contributed by atoms with Crippen LogP contribution in [0.1, 0.15) is 24.8 Å². The molecular formula is C14H17NO4. The predicted molar refractivity (Wildman–Crippen MR) is 68.4 cm³/mol. The molecule has 1 aromatic rings. The molecule has 2 rings (SSSR count). The number of hydrogen-bond donors (Lipinski definition) is 3. The Morgan fingerprint density at radius 3 is 2.53 bits per heavy atom. The summed E-state index contributed by atoms with van der Waals surface area (Å²) < 4.78 is 0. The van der Waals surface area contributed by atoms with Gasteiger partial charge in [-0.3, -0.25) is 9.59 Å². The van der Waals surface area contributed by atoms with E-state index in [9.17, 15) is 14.7 Å². The third-order valence-electron chi connectivity index (χ3n) is 3.60. The highest BCUT2D eigenvalue weighted by atomic mass is 16.4. The first-order valence-corrected chi connectivity index (χ1v) is 6.35. The third-order valence-corrected chi connectivity index (χ3v) is 3.60. The second-order valence-corrected chi connectivity index (χ2v) is 4.89. The summed E-state index contributed by atoms with van der Waals surface area (Å²) in [6, 6.07) is 6.81. The molecule has 3 N–H and O–H groups in total. The van der Waals surface area contributed by atoms with Gasteiger partial charge in [-0.05, 0) is 25.3 Å². The van der Waals surface area contributed by atoms with Gasteiger partial charge in [0.25, 0.3) is 0 Å². The molecule has 1 fully saturated rings. The van der Waals surface area contributed by atoms with E-state index in [4.69, 9.17) is 5.11 Å². The molecule has 0 saturated heterocycles. The lowest BCUT2D eigenvalue weighted by Gasteiger charge is -2.11. The number of phenolic OH excluding ortho intramolecular Hbond substituents is 1. The summed E-state index contributed by atoms with van der Waals surface area (Å²) in [7, 11) is 0. The van der Waals surface area contributed by atoms with Crippen molar-refractivity contribution in [2.24, 2.45) is 11.8 Å². The second-order valence-electron chi connectivity index (χ2n) is 4.89. The molecule has 5 nitrogen and oxygen atoms in total. The summed E-state index contributed by atoms with van der Waals surface area (Å²) in [6.07, 6.45) is 1.58. The lowest BCUT2D eigenvalue weighted by Crippen LogP contribution is -2.29. The second kappa shape index (κ2) is 5.73. The normalized spacial score (nSPS) is 22.1. The first-order valence-electron chi connectivity index (χ1n) is 6.35. The SMILES string of the molecule is O=C(O)C1CCC(C(=O)NCc2ccccc2O)C1. The summed E-state index contributed by atoms with van der Waals surface area (Å²) in [6.45, 7) is 0.264. The Morgan fingerprint density at radius 2 is 1.89 bits per heavy atom. The number of benzene rings is 1. The summed E-state index contributed by atoms with van der Waals surface area (Å²) in [5.41, 5.74) is 0.656. The Kier molecular flexibility index (Phi) is 4.04. The number of carboxylic acids is 1. The molecule has 1 aromatic carbocycles. The van der Waals surface area contributed by atoms with E-state index in [0.29, 0.717) is 24.8 Å². The molecule has 0 spiro atoms. The highest BCUT2D eigenvalue weighted by Crippen LogP contribution is 2.31. The topological polar surface area (TPSA) is 86.6 Å². The molecule has 0 aromatic heterocycles. The van der Waals surface area contributed by atoms with Gasteiger partial charge in [-0.15, -0.1) is 0 Å². The molecular weight excluding hydrogens is 246 g/mol. The van der Waals surface area contributed by atoms with Crippen molar-refractivity contribution < 1.29 is 19.8 Å². The Labute approximate surface area is 111 Å². The van der Waals surface area contributed by atoms with Crippen LogP contribution in [0.4, 0.5) is 0 Å². The van der Waals surface area contributed by atoms with Crippen LogP contribution in [0.15, 0.2) is 24.3 Å². The summed E-state index contributed by atoms with van der Waals surface area (Å²) in [5.74, 6) is -1.44. The number of aromatic hydroxyl groups is 1. The minimum Gasteiger partial charge on any atom is -0.508 e. The maximum absolute atomic E-state index is 11.9. The van der Waals surface area contributed by atoms with E-state index in [1.807, 2.05) is 0 Å². The highest BCUT2D eigenvalue weighted by molar-refractivity contribution is 5.80. The van der Waals surface area contributed by atoms with Crippen LogP contribution in [0.25, 0.3) is 0 Å². The van der Waals surface area contributed by atoms with Crippen molar-refractivity contribution in [1.29, 1.82) is 0 Å². The average Bonchev–Trinajstić information content (AvgIpc) is 2.87. The molecule has 1 aliphatic rings. The number of hydrogen-bond acceptors (Lipinski definition) is 3. The van der Waals surface area contributed by atoms with E-state index >= 15 is 0 Å². The van der Waals surface area contributed by atoms with Crippen molar-refractivity contribution in [1.82, 2.24) is 5.32 Å². The van der Waals surface area contributed by atoms with Crippen molar-refractivity contribution in [3.8, 4) is 5.75 Å².